The summed E-state index contributed by atoms with van der Waals surface area (Å²) >= 11 is 0. The van der Waals surface area contributed by atoms with Crippen LogP contribution in [0.25, 0.3) is 11.4 Å². The fraction of sp³-hybridized carbons (Fsp3) is 0.375. The van der Waals surface area contributed by atoms with E-state index in [-0.39, 0.29) is 5.82 Å². The lowest BCUT2D eigenvalue weighted by atomic mass is 10.1. The molecule has 2 aromatic rings. The highest BCUT2D eigenvalue weighted by Gasteiger charge is 2.10. The van der Waals surface area contributed by atoms with Crippen LogP contribution in [0.1, 0.15) is 23.4 Å². The summed E-state index contributed by atoms with van der Waals surface area (Å²) in [5, 5.41) is 3.14. The molecule has 0 aliphatic rings. The van der Waals surface area contributed by atoms with E-state index in [4.69, 9.17) is 0 Å². The summed E-state index contributed by atoms with van der Waals surface area (Å²) in [6, 6.07) is 6.40. The molecule has 106 valence electrons. The third kappa shape index (κ3) is 3.39. The molecule has 20 heavy (non-hydrogen) atoms. The highest BCUT2D eigenvalue weighted by Crippen LogP contribution is 2.20. The minimum Gasteiger partial charge on any atom is -0.320 e. The van der Waals surface area contributed by atoms with Crippen LogP contribution in [-0.4, -0.2) is 23.6 Å². The van der Waals surface area contributed by atoms with Crippen LogP contribution in [0.5, 0.6) is 0 Å². The van der Waals surface area contributed by atoms with E-state index in [0.29, 0.717) is 5.82 Å². The summed E-state index contributed by atoms with van der Waals surface area (Å²) in [7, 11) is 1.95. The van der Waals surface area contributed by atoms with Gasteiger partial charge in [-0.05, 0) is 58.0 Å². The first-order valence-electron chi connectivity index (χ1n) is 6.86. The smallest absolute Gasteiger partial charge is 0.159 e. The molecule has 0 atom stereocenters. The van der Waals surface area contributed by atoms with E-state index in [9.17, 15) is 4.39 Å². The molecule has 0 saturated heterocycles. The first-order chi connectivity index (χ1) is 9.61. The van der Waals surface area contributed by atoms with Crippen molar-refractivity contribution in [1.29, 1.82) is 0 Å². The second-order valence-corrected chi connectivity index (χ2v) is 4.91. The first kappa shape index (κ1) is 14.6. The van der Waals surface area contributed by atoms with Gasteiger partial charge in [0.1, 0.15) is 5.82 Å². The Morgan fingerprint density at radius 1 is 1.15 bits per heavy atom. The zero-order chi connectivity index (χ0) is 14.5. The molecule has 1 aromatic carbocycles. The number of halogens is 1. The molecule has 0 unspecified atom stereocenters. The summed E-state index contributed by atoms with van der Waals surface area (Å²) in [5.41, 5.74) is 3.87. The van der Waals surface area contributed by atoms with Crippen molar-refractivity contribution in [2.75, 3.05) is 13.6 Å². The first-order valence-corrected chi connectivity index (χ1v) is 6.86. The average molecular weight is 273 g/mol. The normalized spacial score (nSPS) is 10.8. The van der Waals surface area contributed by atoms with Crippen LogP contribution in [0.3, 0.4) is 0 Å². The molecule has 0 saturated carbocycles. The second kappa shape index (κ2) is 6.57. The number of aromatic nitrogens is 2. The summed E-state index contributed by atoms with van der Waals surface area (Å²) in [5.74, 6) is 0.330. The van der Waals surface area contributed by atoms with Crippen molar-refractivity contribution in [2.24, 2.45) is 0 Å². The Balaban J connectivity index is 2.30. The molecule has 0 bridgehead atoms. The van der Waals surface area contributed by atoms with Crippen molar-refractivity contribution in [3.63, 3.8) is 0 Å². The fourth-order valence-corrected chi connectivity index (χ4v) is 2.30. The number of aryl methyl sites for hydroxylation is 2. The average Bonchev–Trinajstić information content (AvgIpc) is 2.41. The van der Waals surface area contributed by atoms with E-state index >= 15 is 0 Å². The Labute approximate surface area is 119 Å². The van der Waals surface area contributed by atoms with Gasteiger partial charge in [0.25, 0.3) is 0 Å². The Morgan fingerprint density at radius 3 is 2.45 bits per heavy atom. The van der Waals surface area contributed by atoms with Gasteiger partial charge in [-0.25, -0.2) is 14.4 Å². The molecule has 4 heteroatoms. The lowest BCUT2D eigenvalue weighted by Gasteiger charge is -2.11. The number of nitrogens with zero attached hydrogens (tertiary/aromatic N) is 2. The maximum atomic E-state index is 13.3. The molecular formula is C16H20FN3. The molecule has 1 N–H and O–H groups in total. The fourth-order valence-electron chi connectivity index (χ4n) is 2.30. The largest absolute Gasteiger partial charge is 0.320 e. The summed E-state index contributed by atoms with van der Waals surface area (Å²) in [6.45, 7) is 4.96. The van der Waals surface area contributed by atoms with Gasteiger partial charge in [0, 0.05) is 17.0 Å². The highest BCUT2D eigenvalue weighted by atomic mass is 19.1. The molecule has 0 aliphatic heterocycles. The topological polar surface area (TPSA) is 37.8 Å². The van der Waals surface area contributed by atoms with Gasteiger partial charge in [0.15, 0.2) is 5.82 Å². The molecule has 3 nitrogen and oxygen atoms in total. The van der Waals surface area contributed by atoms with Crippen molar-refractivity contribution < 1.29 is 4.39 Å². The van der Waals surface area contributed by atoms with Crippen LogP contribution in [0.2, 0.25) is 0 Å². The minimum atomic E-state index is -0.264. The predicted molar refractivity (Wildman–Crippen MR) is 79.1 cm³/mol. The van der Waals surface area contributed by atoms with Crippen molar-refractivity contribution in [3.8, 4) is 11.4 Å². The molecule has 1 aromatic heterocycles. The Bertz CT molecular complexity index is 573. The number of nitrogens with one attached hydrogen (secondary N) is 1. The van der Waals surface area contributed by atoms with E-state index in [0.717, 1.165) is 36.3 Å². The molecule has 0 radical (unpaired) electrons. The Hall–Kier alpha value is -1.81. The van der Waals surface area contributed by atoms with Gasteiger partial charge in [-0.1, -0.05) is 12.1 Å². The molecule has 2 rings (SSSR count). The number of benzene rings is 1. The van der Waals surface area contributed by atoms with Gasteiger partial charge in [0.05, 0.1) is 0 Å². The zero-order valence-corrected chi connectivity index (χ0v) is 12.2. The summed E-state index contributed by atoms with van der Waals surface area (Å²) in [4.78, 5) is 9.05. The summed E-state index contributed by atoms with van der Waals surface area (Å²) < 4.78 is 13.3. The zero-order valence-electron chi connectivity index (χ0n) is 12.2. The monoisotopic (exact) mass is 273 g/mol. The Morgan fingerprint density at radius 2 is 1.85 bits per heavy atom. The second-order valence-electron chi connectivity index (χ2n) is 4.91. The van der Waals surface area contributed by atoms with E-state index in [1.807, 2.05) is 27.0 Å². The van der Waals surface area contributed by atoms with Crippen LogP contribution in [0.4, 0.5) is 4.39 Å². The summed E-state index contributed by atoms with van der Waals surface area (Å²) in [6.07, 6.45) is 2.02. The highest BCUT2D eigenvalue weighted by molar-refractivity contribution is 5.55. The lowest BCUT2D eigenvalue weighted by Crippen LogP contribution is -2.10. The van der Waals surface area contributed by atoms with Crippen molar-refractivity contribution in [3.05, 3.63) is 47.0 Å². The van der Waals surface area contributed by atoms with E-state index in [1.54, 1.807) is 6.07 Å². The molecule has 1 heterocycles. The van der Waals surface area contributed by atoms with Crippen molar-refractivity contribution in [2.45, 2.75) is 26.7 Å². The SMILES string of the molecule is CNCCCc1c(C)nc(-c2cccc(F)c2)nc1C. The molecule has 0 spiro atoms. The number of hydrogen-bond acceptors (Lipinski definition) is 3. The maximum Gasteiger partial charge on any atom is 0.159 e. The number of rotatable bonds is 5. The van der Waals surface area contributed by atoms with E-state index < -0.39 is 0 Å². The third-order valence-electron chi connectivity index (χ3n) is 3.36. The van der Waals surface area contributed by atoms with Crippen LogP contribution in [-0.2, 0) is 6.42 Å². The van der Waals surface area contributed by atoms with Gasteiger partial charge in [-0.2, -0.15) is 0 Å². The quantitative estimate of drug-likeness (QED) is 0.851. The van der Waals surface area contributed by atoms with Crippen LogP contribution in [0, 0.1) is 19.7 Å². The third-order valence-corrected chi connectivity index (χ3v) is 3.36. The van der Waals surface area contributed by atoms with E-state index in [1.165, 1.54) is 17.7 Å². The predicted octanol–water partition coefficient (Wildman–Crippen LogP) is 3.05. The van der Waals surface area contributed by atoms with Crippen molar-refractivity contribution in [1.82, 2.24) is 15.3 Å². The molecule has 0 fully saturated rings. The Kier molecular flexibility index (Phi) is 4.79. The number of hydrogen-bond donors (Lipinski definition) is 1. The van der Waals surface area contributed by atoms with E-state index in [2.05, 4.69) is 15.3 Å². The van der Waals surface area contributed by atoms with Gasteiger partial charge in [-0.3, -0.25) is 0 Å². The van der Waals surface area contributed by atoms with Crippen LogP contribution >= 0.6 is 0 Å². The van der Waals surface area contributed by atoms with Gasteiger partial charge in [-0.15, -0.1) is 0 Å². The minimum absolute atomic E-state index is 0.264. The van der Waals surface area contributed by atoms with Crippen LogP contribution < -0.4 is 5.32 Å². The molecular weight excluding hydrogens is 253 g/mol. The lowest BCUT2D eigenvalue weighted by molar-refractivity contribution is 0.628. The molecule has 0 aliphatic carbocycles. The van der Waals surface area contributed by atoms with Gasteiger partial charge in [0.2, 0.25) is 0 Å². The van der Waals surface area contributed by atoms with Crippen molar-refractivity contribution >= 4 is 0 Å². The van der Waals surface area contributed by atoms with Gasteiger partial charge >= 0.3 is 0 Å². The standard InChI is InChI=1S/C16H20FN3/c1-11-15(8-5-9-18-3)12(2)20-16(19-11)13-6-4-7-14(17)10-13/h4,6-7,10,18H,5,8-9H2,1-3H3. The maximum absolute atomic E-state index is 13.3. The van der Waals surface area contributed by atoms with Gasteiger partial charge < -0.3 is 5.32 Å². The molecule has 0 amide bonds. The van der Waals surface area contributed by atoms with Crippen LogP contribution in [0.15, 0.2) is 24.3 Å².